The van der Waals surface area contributed by atoms with Crippen molar-refractivity contribution in [1.82, 2.24) is 0 Å². The van der Waals surface area contributed by atoms with E-state index in [4.69, 9.17) is 9.47 Å². The van der Waals surface area contributed by atoms with Crippen LogP contribution in [0.5, 0.6) is 23.0 Å². The summed E-state index contributed by atoms with van der Waals surface area (Å²) in [6.07, 6.45) is 0.608. The van der Waals surface area contributed by atoms with Crippen LogP contribution in [0.15, 0.2) is 170 Å². The lowest BCUT2D eigenvalue weighted by atomic mass is 9.90. The van der Waals surface area contributed by atoms with Crippen LogP contribution in [0.4, 0.5) is 11.4 Å². The number of rotatable bonds is 12. The Morgan fingerprint density at radius 1 is 0.386 bits per heavy atom. The minimum Gasteiger partial charge on any atom is -0.507 e. The van der Waals surface area contributed by atoms with Crippen LogP contribution in [-0.4, -0.2) is 44.2 Å². The topological polar surface area (TPSA) is 192 Å². The van der Waals surface area contributed by atoms with E-state index in [9.17, 15) is 39.6 Å². The highest BCUT2D eigenvalue weighted by molar-refractivity contribution is 6.05. The second-order valence-electron chi connectivity index (χ2n) is 17.0. The van der Waals surface area contributed by atoms with E-state index in [2.05, 4.69) is 10.6 Å². The highest BCUT2D eigenvalue weighted by Crippen LogP contribution is 2.41. The lowest BCUT2D eigenvalue weighted by molar-refractivity contribution is 0.0686. The van der Waals surface area contributed by atoms with Gasteiger partial charge in [0.05, 0.1) is 11.1 Å². The maximum atomic E-state index is 13.7. The number of nitrogens with one attached hydrogen (secondary N) is 2. The number of phenols is 2. The van der Waals surface area contributed by atoms with Crippen molar-refractivity contribution in [1.29, 1.82) is 0 Å². The maximum absolute atomic E-state index is 13.7. The van der Waals surface area contributed by atoms with Crippen molar-refractivity contribution in [3.8, 4) is 23.0 Å². The van der Waals surface area contributed by atoms with Gasteiger partial charge < -0.3 is 40.5 Å². The van der Waals surface area contributed by atoms with Gasteiger partial charge in [0.2, 0.25) is 0 Å². The van der Waals surface area contributed by atoms with Crippen molar-refractivity contribution < 1.29 is 49.1 Å². The first-order valence-corrected chi connectivity index (χ1v) is 22.5. The normalized spacial score (nSPS) is 11.8. The first-order valence-electron chi connectivity index (χ1n) is 22.5. The van der Waals surface area contributed by atoms with Gasteiger partial charge in [-0.15, -0.1) is 0 Å². The van der Waals surface area contributed by atoms with Crippen LogP contribution in [0.25, 0.3) is 0 Å². The molecule has 0 unspecified atom stereocenters. The van der Waals surface area contributed by atoms with E-state index in [1.807, 2.05) is 97.1 Å². The fourth-order valence-corrected chi connectivity index (χ4v) is 8.62. The van der Waals surface area contributed by atoms with Gasteiger partial charge in [-0.05, 0) is 106 Å². The highest BCUT2D eigenvalue weighted by Gasteiger charge is 2.23. The molecular formula is C58H46N2O10. The van der Waals surface area contributed by atoms with Crippen molar-refractivity contribution in [3.05, 3.63) is 248 Å². The number of carbonyl (C=O) groups is 4. The number of aromatic carboxylic acids is 2. The van der Waals surface area contributed by atoms with E-state index >= 15 is 0 Å². The Bertz CT molecular complexity index is 2950. The van der Waals surface area contributed by atoms with Crippen molar-refractivity contribution in [2.45, 2.75) is 38.9 Å². The van der Waals surface area contributed by atoms with E-state index in [1.165, 1.54) is 48.5 Å². The number of para-hydroxylation sites is 2. The van der Waals surface area contributed by atoms with Crippen molar-refractivity contribution in [2.24, 2.45) is 0 Å². The summed E-state index contributed by atoms with van der Waals surface area (Å²) in [5.41, 5.74) is 7.95. The van der Waals surface area contributed by atoms with Crippen LogP contribution in [0.3, 0.4) is 0 Å². The Balaban J connectivity index is 1.19. The Labute approximate surface area is 403 Å². The monoisotopic (exact) mass is 930 g/mol. The van der Waals surface area contributed by atoms with Gasteiger partial charge >= 0.3 is 11.9 Å². The molecule has 348 valence electrons. The first-order chi connectivity index (χ1) is 33.9. The largest absolute Gasteiger partial charge is 0.507 e. The summed E-state index contributed by atoms with van der Waals surface area (Å²) in [4.78, 5) is 50.6. The third-order valence-corrected chi connectivity index (χ3v) is 12.2. The van der Waals surface area contributed by atoms with E-state index in [0.717, 1.165) is 11.1 Å². The number of carboxylic acid groups (broad SMARTS) is 2. The molecule has 0 radical (unpaired) electrons. The predicted molar refractivity (Wildman–Crippen MR) is 265 cm³/mol. The van der Waals surface area contributed by atoms with Gasteiger partial charge in [-0.3, -0.25) is 9.59 Å². The fourth-order valence-electron chi connectivity index (χ4n) is 8.62. The van der Waals surface area contributed by atoms with E-state index < -0.39 is 23.8 Å². The smallest absolute Gasteiger partial charge is 0.335 e. The minimum absolute atomic E-state index is 0.00979. The number of ether oxygens (including phenoxy) is 2. The molecule has 0 spiro atoms. The van der Waals surface area contributed by atoms with Crippen molar-refractivity contribution >= 4 is 35.1 Å². The van der Waals surface area contributed by atoms with Gasteiger partial charge in [0, 0.05) is 70.4 Å². The number of benzene rings is 8. The minimum atomic E-state index is -1.11. The zero-order valence-corrected chi connectivity index (χ0v) is 37.6. The summed E-state index contributed by atoms with van der Waals surface area (Å²) in [6.45, 7) is 0.403. The number of carbonyl (C=O) groups excluding carboxylic acids is 2. The van der Waals surface area contributed by atoms with E-state index in [-0.39, 0.29) is 72.6 Å². The second-order valence-corrected chi connectivity index (χ2v) is 17.0. The fraction of sp³-hybridized carbons (Fsp3) is 0.103. The third-order valence-electron chi connectivity index (χ3n) is 12.2. The molecule has 1 aliphatic carbocycles. The molecule has 1 aliphatic rings. The van der Waals surface area contributed by atoms with Crippen LogP contribution in [0.1, 0.15) is 97.1 Å². The number of anilines is 2. The van der Waals surface area contributed by atoms with Gasteiger partial charge in [0.15, 0.2) is 0 Å². The summed E-state index contributed by atoms with van der Waals surface area (Å²) in [6, 6.07) is 48.7. The average molecular weight is 931 g/mol. The molecule has 8 aromatic rings. The molecule has 12 heteroatoms. The van der Waals surface area contributed by atoms with Crippen LogP contribution in [0, 0.1) is 0 Å². The summed E-state index contributed by atoms with van der Waals surface area (Å²) in [5.74, 6) is -2.12. The van der Waals surface area contributed by atoms with Crippen LogP contribution in [-0.2, 0) is 38.9 Å². The quantitative estimate of drug-likeness (QED) is 0.0643. The van der Waals surface area contributed by atoms with Gasteiger partial charge in [0.25, 0.3) is 11.8 Å². The second kappa shape index (κ2) is 20.4. The molecule has 12 nitrogen and oxygen atoms in total. The van der Waals surface area contributed by atoms with Crippen LogP contribution in [0.2, 0.25) is 0 Å². The molecule has 2 amide bonds. The predicted octanol–water partition coefficient (Wildman–Crippen LogP) is 10.8. The van der Waals surface area contributed by atoms with Crippen LogP contribution >= 0.6 is 0 Å². The standard InChI is InChI=1S/C58H46N2O10/c61-51-45-25-41-13-7-14-42(53(41)69-33-35-9-3-1-4-10-35)26-46-30-50(60-56(64)38-19-23-40(24-20-38)58(67)68)32-48(52(46)62)28-44-16-8-15-43(54(44)70-34-36-11-5-2-6-12-36)27-47(51)31-49(29-45)59-55(63)37-17-21-39(22-18-37)57(65)66/h1-24,29-32,61-62H,25-28,33-34H2,(H,59,63)(H,60,64)(H,65,66)(H,67,68). The number of aromatic hydroxyl groups is 2. The number of amides is 2. The molecule has 0 saturated heterocycles. The summed E-state index contributed by atoms with van der Waals surface area (Å²) in [5, 5.41) is 49.4. The molecule has 0 aromatic heterocycles. The molecule has 0 fully saturated rings. The molecule has 6 N–H and O–H groups in total. The summed E-state index contributed by atoms with van der Waals surface area (Å²) in [7, 11) is 0. The Hall–Kier alpha value is -9.16. The van der Waals surface area contributed by atoms with Gasteiger partial charge in [0.1, 0.15) is 36.2 Å². The van der Waals surface area contributed by atoms with Crippen LogP contribution < -0.4 is 20.1 Å². The Kier molecular flexibility index (Phi) is 13.4. The molecule has 9 rings (SSSR count). The Morgan fingerprint density at radius 2 is 0.686 bits per heavy atom. The maximum Gasteiger partial charge on any atom is 0.335 e. The van der Waals surface area contributed by atoms with Gasteiger partial charge in [-0.25, -0.2) is 9.59 Å². The molecule has 0 heterocycles. The molecule has 0 saturated carbocycles. The van der Waals surface area contributed by atoms with Crippen molar-refractivity contribution in [2.75, 3.05) is 10.6 Å². The Morgan fingerprint density at radius 3 is 0.986 bits per heavy atom. The first kappa shape index (κ1) is 46.0. The molecular weight excluding hydrogens is 885 g/mol. The third kappa shape index (κ3) is 10.5. The van der Waals surface area contributed by atoms with E-state index in [0.29, 0.717) is 67.4 Å². The molecule has 0 atom stereocenters. The zero-order chi connectivity index (χ0) is 48.7. The number of phenolic OH excluding ortho intramolecular Hbond substituents is 2. The summed E-state index contributed by atoms with van der Waals surface area (Å²) < 4.78 is 13.4. The van der Waals surface area contributed by atoms with Gasteiger partial charge in [-0.1, -0.05) is 97.1 Å². The van der Waals surface area contributed by atoms with Crippen molar-refractivity contribution in [3.63, 3.8) is 0 Å². The highest BCUT2D eigenvalue weighted by atomic mass is 16.5. The van der Waals surface area contributed by atoms with Gasteiger partial charge in [-0.2, -0.15) is 0 Å². The van der Waals surface area contributed by atoms with E-state index in [1.54, 1.807) is 24.3 Å². The number of fused-ring (bicyclic) bond motifs is 8. The molecule has 8 bridgehead atoms. The SMILES string of the molecule is O=C(O)c1ccc(C(=O)Nc2cc3c(O)c(c2)Cc2cccc(c2OCc2ccccc2)Cc2cc(NC(=O)c4ccc(C(=O)O)cc4)cc(c2O)Cc2cccc(c2OCc2ccccc2)C3)cc1. The molecule has 70 heavy (non-hydrogen) atoms. The number of hydrogen-bond donors (Lipinski definition) is 6. The molecule has 0 aliphatic heterocycles. The number of hydrogen-bond acceptors (Lipinski definition) is 8. The molecule has 8 aromatic carbocycles. The lowest BCUT2D eigenvalue weighted by Gasteiger charge is -2.22. The average Bonchev–Trinajstić information content (AvgIpc) is 3.36. The number of carboxylic acids is 2. The zero-order valence-electron chi connectivity index (χ0n) is 37.6. The summed E-state index contributed by atoms with van der Waals surface area (Å²) >= 11 is 0. The lowest BCUT2D eigenvalue weighted by Crippen LogP contribution is -2.13.